The first-order valence-electron chi connectivity index (χ1n) is 8.87. The molecule has 1 saturated carbocycles. The van der Waals surface area contributed by atoms with Crippen LogP contribution in [0.3, 0.4) is 0 Å². The largest absolute Gasteiger partial charge is 0.373 e. The minimum absolute atomic E-state index is 0.268. The van der Waals surface area contributed by atoms with Crippen molar-refractivity contribution in [1.82, 2.24) is 24.6 Å². The maximum absolute atomic E-state index is 13.2. The van der Waals surface area contributed by atoms with Crippen molar-refractivity contribution in [2.24, 2.45) is 5.92 Å². The molecule has 0 saturated heterocycles. The van der Waals surface area contributed by atoms with Gasteiger partial charge in [-0.2, -0.15) is 0 Å². The quantitative estimate of drug-likeness (QED) is 0.568. The van der Waals surface area contributed by atoms with Gasteiger partial charge in [-0.15, -0.1) is 5.10 Å². The number of hydrogen-bond donors (Lipinski definition) is 2. The molecule has 1 aliphatic rings. The zero-order valence-electron chi connectivity index (χ0n) is 14.9. The van der Waals surface area contributed by atoms with Crippen LogP contribution >= 0.6 is 0 Å². The third kappa shape index (κ3) is 2.72. The molecule has 1 aliphatic carbocycles. The number of hydrogen-bond acceptors (Lipinski definition) is 6. The molecular weight excluding hydrogens is 361 g/mol. The van der Waals surface area contributed by atoms with Gasteiger partial charge in [0.05, 0.1) is 5.92 Å². The molecule has 1 amide bonds. The Hall–Kier alpha value is -3.62. The van der Waals surface area contributed by atoms with Gasteiger partial charge in [0, 0.05) is 42.0 Å². The summed E-state index contributed by atoms with van der Waals surface area (Å²) in [7, 11) is 1.77. The number of rotatable bonds is 4. The fourth-order valence-corrected chi connectivity index (χ4v) is 3.18. The van der Waals surface area contributed by atoms with Gasteiger partial charge in [-0.1, -0.05) is 6.07 Å². The highest BCUT2D eigenvalue weighted by atomic mass is 19.1. The number of halogens is 1. The Morgan fingerprint density at radius 3 is 2.86 bits per heavy atom. The van der Waals surface area contributed by atoms with Gasteiger partial charge >= 0.3 is 0 Å². The first-order valence-corrected chi connectivity index (χ1v) is 8.87. The first-order chi connectivity index (χ1) is 13.6. The van der Waals surface area contributed by atoms with Crippen LogP contribution in [0.25, 0.3) is 27.8 Å². The van der Waals surface area contributed by atoms with E-state index in [0.29, 0.717) is 28.7 Å². The third-order valence-corrected chi connectivity index (χ3v) is 4.79. The average molecular weight is 377 g/mol. The number of amides is 1. The first kappa shape index (κ1) is 16.5. The number of anilines is 2. The molecule has 0 unspecified atom stereocenters. The summed E-state index contributed by atoms with van der Waals surface area (Å²) in [6.45, 7) is 0. The summed E-state index contributed by atoms with van der Waals surface area (Å²) >= 11 is 0. The summed E-state index contributed by atoms with van der Waals surface area (Å²) in [6, 6.07) is 7.37. The van der Waals surface area contributed by atoms with E-state index in [4.69, 9.17) is 0 Å². The average Bonchev–Trinajstić information content (AvgIpc) is 3.29. The molecule has 4 aromatic rings. The van der Waals surface area contributed by atoms with E-state index in [1.54, 1.807) is 30.0 Å². The van der Waals surface area contributed by atoms with Crippen LogP contribution < -0.4 is 10.6 Å². The summed E-state index contributed by atoms with van der Waals surface area (Å²) in [6.07, 6.45) is 4.34. The van der Waals surface area contributed by atoms with Gasteiger partial charge in [-0.05, 0) is 24.6 Å². The van der Waals surface area contributed by atoms with Crippen molar-refractivity contribution in [3.05, 3.63) is 42.9 Å². The number of nitrogens with zero attached hydrogens (tertiary/aromatic N) is 5. The number of alkyl halides is 1. The van der Waals surface area contributed by atoms with Crippen molar-refractivity contribution < 1.29 is 9.18 Å². The van der Waals surface area contributed by atoms with Gasteiger partial charge in [0.1, 0.15) is 17.8 Å². The number of carbonyl (C=O) groups is 1. The highest BCUT2D eigenvalue weighted by Crippen LogP contribution is 2.35. The summed E-state index contributed by atoms with van der Waals surface area (Å²) < 4.78 is 14.8. The molecular formula is C19H16FN7O. The van der Waals surface area contributed by atoms with Crippen LogP contribution in [0, 0.1) is 5.92 Å². The molecule has 0 radical (unpaired) electrons. The van der Waals surface area contributed by atoms with Crippen molar-refractivity contribution >= 4 is 34.0 Å². The van der Waals surface area contributed by atoms with Gasteiger partial charge in [0.2, 0.25) is 5.91 Å². The Bertz CT molecular complexity index is 1190. The van der Waals surface area contributed by atoms with Crippen LogP contribution in [-0.2, 0) is 4.79 Å². The third-order valence-electron chi connectivity index (χ3n) is 4.79. The van der Waals surface area contributed by atoms with E-state index in [9.17, 15) is 9.18 Å². The number of fused-ring (bicyclic) bond motifs is 2. The number of pyridine rings is 3. The lowest BCUT2D eigenvalue weighted by Crippen LogP contribution is -2.15. The Morgan fingerprint density at radius 1 is 1.25 bits per heavy atom. The Balaban J connectivity index is 1.63. The molecule has 140 valence electrons. The van der Waals surface area contributed by atoms with E-state index in [2.05, 4.69) is 30.7 Å². The summed E-state index contributed by atoms with van der Waals surface area (Å²) in [4.78, 5) is 25.4. The van der Waals surface area contributed by atoms with Crippen LogP contribution in [-0.4, -0.2) is 43.7 Å². The van der Waals surface area contributed by atoms with Crippen LogP contribution in [0.5, 0.6) is 0 Å². The van der Waals surface area contributed by atoms with Crippen LogP contribution in [0.1, 0.15) is 6.42 Å². The zero-order valence-corrected chi connectivity index (χ0v) is 14.9. The van der Waals surface area contributed by atoms with Crippen molar-refractivity contribution in [2.75, 3.05) is 17.7 Å². The molecule has 2 N–H and O–H groups in total. The Morgan fingerprint density at radius 2 is 2.11 bits per heavy atom. The normalized spacial score (nSPS) is 18.4. The number of nitrogens with one attached hydrogen (secondary N) is 2. The summed E-state index contributed by atoms with van der Waals surface area (Å²) in [5.41, 5.74) is 1.43. The van der Waals surface area contributed by atoms with E-state index < -0.39 is 12.1 Å². The fourth-order valence-electron chi connectivity index (χ4n) is 3.18. The minimum Gasteiger partial charge on any atom is -0.373 e. The highest BCUT2D eigenvalue weighted by molar-refractivity contribution is 6.03. The van der Waals surface area contributed by atoms with Crippen molar-refractivity contribution in [2.45, 2.75) is 12.6 Å². The standard InChI is InChI=1S/C19H16FN7O/c1-21-17-12-8-22-15(24-19(28)11-6-14(11)20)7-10(12)13(9-23-17)18-25-16-4-2-3-5-27(16)26-18/h2-5,7-9,11,14H,6H2,1H3,(H,21,23)(H,22,24,28)/t11-,14+/m1/s1. The number of aromatic nitrogens is 5. The smallest absolute Gasteiger partial charge is 0.231 e. The maximum atomic E-state index is 13.2. The van der Waals surface area contributed by atoms with Crippen LogP contribution in [0.15, 0.2) is 42.9 Å². The Labute approximate surface area is 158 Å². The molecule has 0 bridgehead atoms. The topological polar surface area (TPSA) is 97.1 Å². The molecule has 0 aliphatic heterocycles. The second-order valence-electron chi connectivity index (χ2n) is 6.67. The monoisotopic (exact) mass is 377 g/mol. The van der Waals surface area contributed by atoms with E-state index in [1.807, 2.05) is 24.4 Å². The Kier molecular flexibility index (Phi) is 3.68. The lowest BCUT2D eigenvalue weighted by atomic mass is 10.1. The van der Waals surface area contributed by atoms with Gasteiger partial charge in [-0.25, -0.2) is 23.9 Å². The molecule has 0 aromatic carbocycles. The lowest BCUT2D eigenvalue weighted by molar-refractivity contribution is -0.117. The molecule has 4 aromatic heterocycles. The van der Waals surface area contributed by atoms with Crippen LogP contribution in [0.4, 0.5) is 16.0 Å². The fraction of sp³-hybridized carbons (Fsp3) is 0.211. The molecule has 2 atom stereocenters. The SMILES string of the molecule is CNc1ncc(-c2nc3ccccn3n2)c2cc(NC(=O)[C@@H]3C[C@@H]3F)ncc12. The molecule has 28 heavy (non-hydrogen) atoms. The number of carbonyl (C=O) groups excluding carboxylic acids is 1. The minimum atomic E-state index is -1.06. The van der Waals surface area contributed by atoms with Gasteiger partial charge < -0.3 is 10.6 Å². The molecule has 5 rings (SSSR count). The van der Waals surface area contributed by atoms with E-state index >= 15 is 0 Å². The summed E-state index contributed by atoms with van der Waals surface area (Å²) in [5, 5.41) is 11.8. The van der Waals surface area contributed by atoms with E-state index in [-0.39, 0.29) is 12.3 Å². The predicted molar refractivity (Wildman–Crippen MR) is 103 cm³/mol. The maximum Gasteiger partial charge on any atom is 0.231 e. The zero-order chi connectivity index (χ0) is 19.3. The van der Waals surface area contributed by atoms with Crippen molar-refractivity contribution in [3.8, 4) is 11.4 Å². The van der Waals surface area contributed by atoms with Gasteiger partial charge in [0.15, 0.2) is 11.5 Å². The highest BCUT2D eigenvalue weighted by Gasteiger charge is 2.43. The van der Waals surface area contributed by atoms with Crippen molar-refractivity contribution in [3.63, 3.8) is 0 Å². The lowest BCUT2D eigenvalue weighted by Gasteiger charge is -2.10. The van der Waals surface area contributed by atoms with E-state index in [1.165, 1.54) is 0 Å². The molecule has 4 heterocycles. The van der Waals surface area contributed by atoms with Crippen LogP contribution in [0.2, 0.25) is 0 Å². The second-order valence-corrected chi connectivity index (χ2v) is 6.67. The molecule has 8 nitrogen and oxygen atoms in total. The second kappa shape index (κ2) is 6.22. The van der Waals surface area contributed by atoms with Gasteiger partial charge in [-0.3, -0.25) is 4.79 Å². The molecule has 1 fully saturated rings. The van der Waals surface area contributed by atoms with Crippen molar-refractivity contribution in [1.29, 1.82) is 0 Å². The molecule has 0 spiro atoms. The summed E-state index contributed by atoms with van der Waals surface area (Å²) in [5.74, 6) is 0.589. The molecule has 9 heteroatoms. The van der Waals surface area contributed by atoms with Gasteiger partial charge in [0.25, 0.3) is 0 Å². The van der Waals surface area contributed by atoms with E-state index in [0.717, 1.165) is 10.8 Å². The predicted octanol–water partition coefficient (Wildman–Crippen LogP) is 2.68.